The summed E-state index contributed by atoms with van der Waals surface area (Å²) in [5.74, 6) is -0.440. The van der Waals surface area contributed by atoms with Gasteiger partial charge in [-0.1, -0.05) is 25.7 Å². The van der Waals surface area contributed by atoms with E-state index in [9.17, 15) is 13.2 Å². The van der Waals surface area contributed by atoms with Crippen LogP contribution in [0.5, 0.6) is 0 Å². The number of nitrogens with one attached hydrogen (secondary N) is 3. The number of hydrogen-bond acceptors (Lipinski definition) is 5. The average molecular weight is 349 g/mol. The predicted molar refractivity (Wildman–Crippen MR) is 90.8 cm³/mol. The van der Waals surface area contributed by atoms with Crippen molar-refractivity contribution in [1.29, 1.82) is 0 Å². The highest BCUT2D eigenvalue weighted by molar-refractivity contribution is 7.89. The largest absolute Gasteiger partial charge is 0.381 e. The Kier molecular flexibility index (Phi) is 10.4. The third kappa shape index (κ3) is 10.6. The summed E-state index contributed by atoms with van der Waals surface area (Å²) in [4.78, 5) is 11.6. The molecule has 0 aromatic rings. The van der Waals surface area contributed by atoms with E-state index < -0.39 is 10.0 Å². The smallest absolute Gasteiger partial charge is 0.235 e. The van der Waals surface area contributed by atoms with Crippen LogP contribution in [-0.2, 0) is 19.6 Å². The Balaban J connectivity index is 2.07. The first-order valence-corrected chi connectivity index (χ1v) is 10.2. The summed E-state index contributed by atoms with van der Waals surface area (Å²) in [6.07, 6.45) is 7.58. The second kappa shape index (κ2) is 11.8. The fraction of sp³-hybridized carbons (Fsp3) is 0.933. The summed E-state index contributed by atoms with van der Waals surface area (Å²) in [5, 5.41) is 6.17. The SMILES string of the molecule is CCOCCS(=O)(=O)NCC(=O)NCCNC1CCCCCC1. The molecule has 0 unspecified atom stereocenters. The molecule has 0 bridgehead atoms. The minimum Gasteiger partial charge on any atom is -0.381 e. The van der Waals surface area contributed by atoms with Crippen LogP contribution in [0.1, 0.15) is 45.4 Å². The van der Waals surface area contributed by atoms with Crippen LogP contribution in [-0.4, -0.2) is 59.0 Å². The third-order valence-corrected chi connectivity index (χ3v) is 5.18. The van der Waals surface area contributed by atoms with Crippen molar-refractivity contribution in [1.82, 2.24) is 15.4 Å². The van der Waals surface area contributed by atoms with Gasteiger partial charge in [-0.3, -0.25) is 4.79 Å². The van der Waals surface area contributed by atoms with Crippen molar-refractivity contribution in [3.63, 3.8) is 0 Å². The van der Waals surface area contributed by atoms with E-state index in [-0.39, 0.29) is 24.8 Å². The Morgan fingerprint density at radius 1 is 1.13 bits per heavy atom. The molecule has 8 heteroatoms. The minimum absolute atomic E-state index is 0.128. The Hall–Kier alpha value is -0.700. The molecule has 136 valence electrons. The van der Waals surface area contributed by atoms with Gasteiger partial charge in [-0.25, -0.2) is 13.1 Å². The first-order chi connectivity index (χ1) is 11.0. The fourth-order valence-corrected chi connectivity index (χ4v) is 3.42. The zero-order valence-electron chi connectivity index (χ0n) is 14.1. The highest BCUT2D eigenvalue weighted by Crippen LogP contribution is 2.16. The van der Waals surface area contributed by atoms with Crippen LogP contribution in [0, 0.1) is 0 Å². The highest BCUT2D eigenvalue weighted by Gasteiger charge is 2.13. The number of sulfonamides is 1. The Labute approximate surface area is 140 Å². The van der Waals surface area contributed by atoms with Crippen molar-refractivity contribution in [3.05, 3.63) is 0 Å². The van der Waals surface area contributed by atoms with Gasteiger partial charge in [0.2, 0.25) is 15.9 Å². The maximum atomic E-state index is 11.6. The maximum absolute atomic E-state index is 11.6. The number of amides is 1. The average Bonchev–Trinajstić information content (AvgIpc) is 2.78. The van der Waals surface area contributed by atoms with E-state index in [0.717, 1.165) is 0 Å². The van der Waals surface area contributed by atoms with Gasteiger partial charge in [0, 0.05) is 25.7 Å². The lowest BCUT2D eigenvalue weighted by Gasteiger charge is -2.16. The van der Waals surface area contributed by atoms with Gasteiger partial charge in [-0.2, -0.15) is 0 Å². The summed E-state index contributed by atoms with van der Waals surface area (Å²) < 4.78 is 30.5. The normalized spacial score (nSPS) is 16.9. The van der Waals surface area contributed by atoms with Gasteiger partial charge in [-0.15, -0.1) is 0 Å². The highest BCUT2D eigenvalue weighted by atomic mass is 32.2. The molecular weight excluding hydrogens is 318 g/mol. The Morgan fingerprint density at radius 2 is 1.83 bits per heavy atom. The van der Waals surface area contributed by atoms with Gasteiger partial charge in [-0.05, 0) is 19.8 Å². The molecular formula is C15H31N3O4S. The molecule has 0 saturated heterocycles. The van der Waals surface area contributed by atoms with Gasteiger partial charge in [0.15, 0.2) is 0 Å². The van der Waals surface area contributed by atoms with Gasteiger partial charge in [0.25, 0.3) is 0 Å². The zero-order chi connectivity index (χ0) is 17.0. The minimum atomic E-state index is -3.45. The van der Waals surface area contributed by atoms with Crippen molar-refractivity contribution in [2.75, 3.05) is 38.6 Å². The molecule has 23 heavy (non-hydrogen) atoms. The number of hydrogen-bond donors (Lipinski definition) is 3. The maximum Gasteiger partial charge on any atom is 0.235 e. The van der Waals surface area contributed by atoms with Gasteiger partial charge in [0.1, 0.15) is 0 Å². The van der Waals surface area contributed by atoms with Crippen LogP contribution in [0.4, 0.5) is 0 Å². The van der Waals surface area contributed by atoms with Gasteiger partial charge >= 0.3 is 0 Å². The van der Waals surface area contributed by atoms with E-state index in [1.165, 1.54) is 38.5 Å². The summed E-state index contributed by atoms with van der Waals surface area (Å²) in [7, 11) is -3.45. The van der Waals surface area contributed by atoms with Crippen LogP contribution in [0.15, 0.2) is 0 Å². The van der Waals surface area contributed by atoms with Crippen molar-refractivity contribution < 1.29 is 17.9 Å². The van der Waals surface area contributed by atoms with Crippen LogP contribution < -0.4 is 15.4 Å². The molecule has 1 fully saturated rings. The molecule has 0 aromatic heterocycles. The molecule has 0 aliphatic heterocycles. The van der Waals surface area contributed by atoms with Crippen molar-refractivity contribution in [2.45, 2.75) is 51.5 Å². The van der Waals surface area contributed by atoms with E-state index in [4.69, 9.17) is 4.74 Å². The second-order valence-corrected chi connectivity index (χ2v) is 7.76. The number of rotatable bonds is 11. The molecule has 0 aromatic carbocycles. The van der Waals surface area contributed by atoms with E-state index in [0.29, 0.717) is 25.7 Å². The summed E-state index contributed by atoms with van der Waals surface area (Å²) in [6.45, 7) is 3.42. The van der Waals surface area contributed by atoms with Crippen LogP contribution >= 0.6 is 0 Å². The van der Waals surface area contributed by atoms with Gasteiger partial charge < -0.3 is 15.4 Å². The topological polar surface area (TPSA) is 96.5 Å². The second-order valence-electron chi connectivity index (χ2n) is 5.83. The molecule has 0 heterocycles. The first-order valence-electron chi connectivity index (χ1n) is 8.58. The van der Waals surface area contributed by atoms with Crippen molar-refractivity contribution in [3.8, 4) is 0 Å². The molecule has 3 N–H and O–H groups in total. The number of carbonyl (C=O) groups is 1. The molecule has 0 atom stereocenters. The quantitative estimate of drug-likeness (QED) is 0.370. The molecule has 0 radical (unpaired) electrons. The number of ether oxygens (including phenoxy) is 1. The fourth-order valence-electron chi connectivity index (χ4n) is 2.58. The summed E-state index contributed by atoms with van der Waals surface area (Å²) in [6, 6.07) is 0.548. The summed E-state index contributed by atoms with van der Waals surface area (Å²) in [5.41, 5.74) is 0. The third-order valence-electron chi connectivity index (χ3n) is 3.89. The van der Waals surface area contributed by atoms with Crippen LogP contribution in [0.25, 0.3) is 0 Å². The Bertz CT molecular complexity index is 420. The zero-order valence-corrected chi connectivity index (χ0v) is 14.9. The lowest BCUT2D eigenvalue weighted by molar-refractivity contribution is -0.119. The molecule has 0 spiro atoms. The van der Waals surface area contributed by atoms with Crippen molar-refractivity contribution in [2.24, 2.45) is 0 Å². The lowest BCUT2D eigenvalue weighted by atomic mass is 10.1. The van der Waals surface area contributed by atoms with E-state index in [1.807, 2.05) is 0 Å². The molecule has 7 nitrogen and oxygen atoms in total. The van der Waals surface area contributed by atoms with Crippen molar-refractivity contribution >= 4 is 15.9 Å². The lowest BCUT2D eigenvalue weighted by Crippen LogP contribution is -2.42. The van der Waals surface area contributed by atoms with Crippen LogP contribution in [0.3, 0.4) is 0 Å². The van der Waals surface area contributed by atoms with E-state index in [2.05, 4.69) is 15.4 Å². The molecule has 1 saturated carbocycles. The molecule has 1 aliphatic carbocycles. The van der Waals surface area contributed by atoms with E-state index in [1.54, 1.807) is 6.92 Å². The number of carbonyl (C=O) groups excluding carboxylic acids is 1. The molecule has 1 rings (SSSR count). The molecule has 1 aliphatic rings. The summed E-state index contributed by atoms with van der Waals surface area (Å²) >= 11 is 0. The van der Waals surface area contributed by atoms with E-state index >= 15 is 0 Å². The Morgan fingerprint density at radius 3 is 2.48 bits per heavy atom. The predicted octanol–water partition coefficient (Wildman–Crippen LogP) is 0.371. The first kappa shape index (κ1) is 20.3. The standard InChI is InChI=1S/C15H31N3O4S/c1-2-22-11-12-23(20,21)18-13-15(19)17-10-9-16-14-7-5-3-4-6-8-14/h14,16,18H,2-13H2,1H3,(H,17,19). The monoisotopic (exact) mass is 349 g/mol. The molecule has 1 amide bonds. The van der Waals surface area contributed by atoms with Gasteiger partial charge in [0.05, 0.1) is 18.9 Å². The van der Waals surface area contributed by atoms with Crippen LogP contribution in [0.2, 0.25) is 0 Å².